The molecule has 0 radical (unpaired) electrons. The molecule has 0 aliphatic carbocycles. The van der Waals surface area contributed by atoms with Gasteiger partial charge >= 0.3 is 0 Å². The monoisotopic (exact) mass is 265 g/mol. The Morgan fingerprint density at radius 1 is 1.47 bits per heavy atom. The molecule has 0 spiro atoms. The number of hydrogen-bond acceptors (Lipinski definition) is 3. The van der Waals surface area contributed by atoms with Crippen LogP contribution in [0.4, 0.5) is 13.2 Å². The summed E-state index contributed by atoms with van der Waals surface area (Å²) in [5.74, 6) is -5.23. The van der Waals surface area contributed by atoms with E-state index < -0.39 is 30.8 Å². The van der Waals surface area contributed by atoms with Gasteiger partial charge in [0.1, 0.15) is 12.4 Å². The maximum Gasteiger partial charge on any atom is 0.287 e. The second kappa shape index (κ2) is 5.42. The van der Waals surface area contributed by atoms with E-state index in [0.29, 0.717) is 4.90 Å². The molecule has 0 fully saturated rings. The van der Waals surface area contributed by atoms with Gasteiger partial charge in [-0.2, -0.15) is 0 Å². The van der Waals surface area contributed by atoms with E-state index in [2.05, 4.69) is 12.6 Å². The van der Waals surface area contributed by atoms with Gasteiger partial charge in [0.15, 0.2) is 0 Å². The third-order valence-electron chi connectivity index (χ3n) is 1.93. The molecule has 3 nitrogen and oxygen atoms in total. The van der Waals surface area contributed by atoms with Crippen LogP contribution in [0.1, 0.15) is 10.4 Å². The van der Waals surface area contributed by atoms with Crippen LogP contribution < -0.4 is 5.32 Å². The van der Waals surface area contributed by atoms with E-state index in [1.807, 2.05) is 5.32 Å². The molecular formula is C10H10F3NO2S. The van der Waals surface area contributed by atoms with E-state index in [1.165, 1.54) is 6.07 Å². The number of rotatable bonds is 4. The van der Waals surface area contributed by atoms with Crippen molar-refractivity contribution in [2.24, 2.45) is 0 Å². The number of thiol groups is 1. The first kappa shape index (κ1) is 13.9. The summed E-state index contributed by atoms with van der Waals surface area (Å²) in [4.78, 5) is 11.7. The summed E-state index contributed by atoms with van der Waals surface area (Å²) in [7, 11) is 0. The molecular weight excluding hydrogens is 255 g/mol. The highest BCUT2D eigenvalue weighted by molar-refractivity contribution is 7.80. The van der Waals surface area contributed by atoms with Gasteiger partial charge < -0.3 is 10.4 Å². The van der Waals surface area contributed by atoms with Crippen LogP contribution in [0.3, 0.4) is 0 Å². The number of alkyl halides is 2. The van der Waals surface area contributed by atoms with Gasteiger partial charge in [0.25, 0.3) is 11.8 Å². The summed E-state index contributed by atoms with van der Waals surface area (Å²) < 4.78 is 38.5. The van der Waals surface area contributed by atoms with Gasteiger partial charge in [-0.25, -0.2) is 13.2 Å². The summed E-state index contributed by atoms with van der Waals surface area (Å²) >= 11 is 3.90. The molecule has 1 aromatic carbocycles. The fraction of sp³-hybridized carbons (Fsp3) is 0.300. The summed E-state index contributed by atoms with van der Waals surface area (Å²) in [5.41, 5.74) is -0.369. The lowest BCUT2D eigenvalue weighted by Crippen LogP contribution is -2.39. The topological polar surface area (TPSA) is 49.3 Å². The van der Waals surface area contributed by atoms with Gasteiger partial charge in [-0.15, -0.1) is 12.6 Å². The van der Waals surface area contributed by atoms with Crippen molar-refractivity contribution in [2.45, 2.75) is 10.8 Å². The minimum Gasteiger partial charge on any atom is -0.390 e. The third kappa shape index (κ3) is 3.94. The number of halogens is 3. The van der Waals surface area contributed by atoms with E-state index in [4.69, 9.17) is 5.11 Å². The third-order valence-corrected chi connectivity index (χ3v) is 2.21. The number of carbonyl (C=O) groups excluding carboxylic acids is 1. The number of carbonyl (C=O) groups is 1. The molecule has 0 bridgehead atoms. The number of aliphatic hydroxyl groups is 1. The average molecular weight is 265 g/mol. The van der Waals surface area contributed by atoms with Crippen LogP contribution in [0.2, 0.25) is 0 Å². The Morgan fingerprint density at radius 3 is 2.71 bits per heavy atom. The van der Waals surface area contributed by atoms with E-state index in [9.17, 15) is 18.0 Å². The Kier molecular flexibility index (Phi) is 4.41. The van der Waals surface area contributed by atoms with E-state index >= 15 is 0 Å². The highest BCUT2D eigenvalue weighted by Gasteiger charge is 2.28. The molecule has 1 aromatic rings. The first-order chi connectivity index (χ1) is 7.85. The van der Waals surface area contributed by atoms with E-state index in [0.717, 1.165) is 12.1 Å². The minimum atomic E-state index is -3.43. The SMILES string of the molecule is O=C(NCC(F)(F)CO)c1cc(S)ccc1F. The molecule has 0 atom stereocenters. The van der Waals surface area contributed by atoms with Crippen molar-refractivity contribution >= 4 is 18.5 Å². The lowest BCUT2D eigenvalue weighted by molar-refractivity contribution is -0.0462. The predicted octanol–water partition coefficient (Wildman–Crippen LogP) is 1.47. The van der Waals surface area contributed by atoms with Gasteiger partial charge in [-0.05, 0) is 18.2 Å². The molecule has 0 aliphatic rings. The second-order valence-corrected chi connectivity index (χ2v) is 3.88. The zero-order chi connectivity index (χ0) is 13.1. The Balaban J connectivity index is 2.74. The normalized spacial score (nSPS) is 11.4. The Hall–Kier alpha value is -1.21. The van der Waals surface area contributed by atoms with E-state index in [-0.39, 0.29) is 5.56 Å². The van der Waals surface area contributed by atoms with Gasteiger partial charge in [-0.1, -0.05) is 0 Å². The smallest absolute Gasteiger partial charge is 0.287 e. The highest BCUT2D eigenvalue weighted by atomic mass is 32.1. The summed E-state index contributed by atoms with van der Waals surface area (Å²) in [6.45, 7) is -2.44. The first-order valence-corrected chi connectivity index (χ1v) is 5.06. The van der Waals surface area contributed by atoms with Crippen molar-refractivity contribution in [1.82, 2.24) is 5.32 Å². The Labute approximate surface area is 101 Å². The molecule has 1 amide bonds. The zero-order valence-electron chi connectivity index (χ0n) is 8.58. The number of hydrogen-bond donors (Lipinski definition) is 3. The zero-order valence-corrected chi connectivity index (χ0v) is 9.48. The fourth-order valence-corrected chi connectivity index (χ4v) is 1.25. The first-order valence-electron chi connectivity index (χ1n) is 4.61. The Bertz CT molecular complexity index is 426. The van der Waals surface area contributed by atoms with Crippen molar-refractivity contribution in [3.63, 3.8) is 0 Å². The van der Waals surface area contributed by atoms with Crippen molar-refractivity contribution in [2.75, 3.05) is 13.2 Å². The van der Waals surface area contributed by atoms with Crippen LogP contribution >= 0.6 is 12.6 Å². The van der Waals surface area contributed by atoms with Gasteiger partial charge in [0.05, 0.1) is 12.1 Å². The van der Waals surface area contributed by atoms with Crippen molar-refractivity contribution < 1.29 is 23.1 Å². The van der Waals surface area contributed by atoms with Crippen LogP contribution in [0.25, 0.3) is 0 Å². The lowest BCUT2D eigenvalue weighted by Gasteiger charge is -2.14. The molecule has 1 rings (SSSR count). The lowest BCUT2D eigenvalue weighted by atomic mass is 10.2. The molecule has 0 unspecified atom stereocenters. The van der Waals surface area contributed by atoms with E-state index in [1.54, 1.807) is 0 Å². The molecule has 0 aliphatic heterocycles. The summed E-state index contributed by atoms with van der Waals surface area (Å²) in [5, 5.41) is 10.1. The molecule has 94 valence electrons. The molecule has 0 aromatic heterocycles. The Morgan fingerprint density at radius 2 is 2.12 bits per heavy atom. The van der Waals surface area contributed by atoms with Gasteiger partial charge in [0, 0.05) is 4.90 Å². The summed E-state index contributed by atoms with van der Waals surface area (Å²) in [6, 6.07) is 3.48. The maximum atomic E-state index is 13.2. The predicted molar refractivity (Wildman–Crippen MR) is 58.0 cm³/mol. The molecule has 2 N–H and O–H groups in total. The molecule has 17 heavy (non-hydrogen) atoms. The van der Waals surface area contributed by atoms with Crippen LogP contribution in [0, 0.1) is 5.82 Å². The standard InChI is InChI=1S/C10H10F3NO2S/c11-8-2-1-6(17)3-7(8)9(16)14-4-10(12,13)5-15/h1-3,15,17H,4-5H2,(H,14,16). The van der Waals surface area contributed by atoms with Crippen molar-refractivity contribution in [3.05, 3.63) is 29.6 Å². The van der Waals surface area contributed by atoms with Crippen molar-refractivity contribution in [3.8, 4) is 0 Å². The van der Waals surface area contributed by atoms with Gasteiger partial charge in [0.2, 0.25) is 0 Å². The highest BCUT2D eigenvalue weighted by Crippen LogP contribution is 2.14. The van der Waals surface area contributed by atoms with Crippen LogP contribution in [-0.4, -0.2) is 30.1 Å². The number of aliphatic hydroxyl groups excluding tert-OH is 1. The molecule has 0 saturated heterocycles. The van der Waals surface area contributed by atoms with Crippen LogP contribution in [0.15, 0.2) is 23.1 Å². The molecule has 0 saturated carbocycles. The number of nitrogens with one attached hydrogen (secondary N) is 1. The van der Waals surface area contributed by atoms with Crippen molar-refractivity contribution in [1.29, 1.82) is 0 Å². The minimum absolute atomic E-state index is 0.338. The second-order valence-electron chi connectivity index (χ2n) is 3.36. The van der Waals surface area contributed by atoms with Crippen LogP contribution in [0.5, 0.6) is 0 Å². The number of amides is 1. The molecule has 0 heterocycles. The number of benzene rings is 1. The maximum absolute atomic E-state index is 13.2. The largest absolute Gasteiger partial charge is 0.390 e. The summed E-state index contributed by atoms with van der Waals surface area (Å²) in [6.07, 6.45) is 0. The molecule has 7 heteroatoms. The average Bonchev–Trinajstić information content (AvgIpc) is 2.29. The van der Waals surface area contributed by atoms with Crippen LogP contribution in [-0.2, 0) is 0 Å². The fourth-order valence-electron chi connectivity index (χ4n) is 1.05. The van der Waals surface area contributed by atoms with Gasteiger partial charge in [-0.3, -0.25) is 4.79 Å². The quantitative estimate of drug-likeness (QED) is 0.722.